The molecule has 0 saturated carbocycles. The van der Waals surface area contributed by atoms with Crippen molar-refractivity contribution in [3.8, 4) is 5.75 Å². The van der Waals surface area contributed by atoms with Crippen LogP contribution in [0.15, 0.2) is 10.9 Å². The number of hydrogen-bond donors (Lipinski definition) is 2. The summed E-state index contributed by atoms with van der Waals surface area (Å²) in [5, 5.41) is 19.7. The standard InChI is InChI=1S/C15H26N2O3/c1-5-12(10-18)17-11(4)8-14(19)15(20)13(17)9-16(6-2)7-3/h8,12,18,20H,5-7,9-10H2,1-4H3. The van der Waals surface area contributed by atoms with E-state index in [2.05, 4.69) is 4.90 Å². The third-order valence-corrected chi connectivity index (χ3v) is 3.83. The minimum absolute atomic E-state index is 0.00903. The van der Waals surface area contributed by atoms with Gasteiger partial charge in [0.2, 0.25) is 5.43 Å². The molecule has 0 amide bonds. The molecule has 5 nitrogen and oxygen atoms in total. The minimum Gasteiger partial charge on any atom is -0.503 e. The second-order valence-electron chi connectivity index (χ2n) is 5.02. The lowest BCUT2D eigenvalue weighted by molar-refractivity contribution is 0.209. The van der Waals surface area contributed by atoms with Gasteiger partial charge in [-0.15, -0.1) is 0 Å². The fourth-order valence-electron chi connectivity index (χ4n) is 2.51. The number of aryl methyl sites for hydroxylation is 1. The monoisotopic (exact) mass is 282 g/mol. The summed E-state index contributed by atoms with van der Waals surface area (Å²) in [4.78, 5) is 14.0. The summed E-state index contributed by atoms with van der Waals surface area (Å²) < 4.78 is 1.90. The van der Waals surface area contributed by atoms with E-state index in [1.807, 2.05) is 32.3 Å². The molecule has 0 aliphatic carbocycles. The highest BCUT2D eigenvalue weighted by Gasteiger charge is 2.19. The average Bonchev–Trinajstić information content (AvgIpc) is 2.44. The van der Waals surface area contributed by atoms with Gasteiger partial charge < -0.3 is 14.8 Å². The molecule has 0 bridgehead atoms. The minimum atomic E-state index is -0.353. The normalized spacial score (nSPS) is 12.9. The molecule has 0 spiro atoms. The van der Waals surface area contributed by atoms with Crippen LogP contribution < -0.4 is 5.43 Å². The van der Waals surface area contributed by atoms with Crippen molar-refractivity contribution in [2.75, 3.05) is 19.7 Å². The van der Waals surface area contributed by atoms with Crippen LogP contribution in [0.25, 0.3) is 0 Å². The van der Waals surface area contributed by atoms with Crippen LogP contribution in [-0.4, -0.2) is 39.4 Å². The van der Waals surface area contributed by atoms with E-state index in [9.17, 15) is 15.0 Å². The van der Waals surface area contributed by atoms with E-state index in [1.165, 1.54) is 6.07 Å². The first-order chi connectivity index (χ1) is 9.49. The molecule has 114 valence electrons. The van der Waals surface area contributed by atoms with Gasteiger partial charge in [0.25, 0.3) is 0 Å². The van der Waals surface area contributed by atoms with Crippen molar-refractivity contribution in [2.24, 2.45) is 0 Å². The Balaban J connectivity index is 3.40. The summed E-state index contributed by atoms with van der Waals surface area (Å²) >= 11 is 0. The summed E-state index contributed by atoms with van der Waals surface area (Å²) in [6, 6.07) is 1.31. The van der Waals surface area contributed by atoms with Gasteiger partial charge in [0.1, 0.15) is 0 Å². The molecule has 0 aliphatic rings. The summed E-state index contributed by atoms with van der Waals surface area (Å²) in [6.07, 6.45) is 0.741. The zero-order valence-electron chi connectivity index (χ0n) is 12.9. The maximum atomic E-state index is 11.8. The molecule has 1 rings (SSSR count). The van der Waals surface area contributed by atoms with Crippen molar-refractivity contribution in [2.45, 2.75) is 46.7 Å². The molecule has 20 heavy (non-hydrogen) atoms. The van der Waals surface area contributed by atoms with Crippen molar-refractivity contribution in [1.82, 2.24) is 9.47 Å². The van der Waals surface area contributed by atoms with Crippen LogP contribution in [-0.2, 0) is 6.54 Å². The van der Waals surface area contributed by atoms with E-state index >= 15 is 0 Å². The van der Waals surface area contributed by atoms with Crippen LogP contribution in [0.4, 0.5) is 0 Å². The smallest absolute Gasteiger partial charge is 0.223 e. The van der Waals surface area contributed by atoms with Crippen molar-refractivity contribution in [3.63, 3.8) is 0 Å². The molecule has 1 atom stereocenters. The number of rotatable bonds is 7. The summed E-state index contributed by atoms with van der Waals surface area (Å²) in [5.41, 5.74) is 1.02. The molecule has 0 aliphatic heterocycles. The first kappa shape index (κ1) is 16.7. The van der Waals surface area contributed by atoms with E-state index in [0.717, 1.165) is 25.2 Å². The number of hydrogen-bond acceptors (Lipinski definition) is 4. The Hall–Kier alpha value is -1.33. The highest BCUT2D eigenvalue weighted by molar-refractivity contribution is 5.30. The van der Waals surface area contributed by atoms with Crippen LogP contribution in [0.3, 0.4) is 0 Å². The molecule has 0 radical (unpaired) electrons. The number of aromatic hydroxyl groups is 1. The van der Waals surface area contributed by atoms with Crippen LogP contribution in [0.1, 0.15) is 44.6 Å². The maximum Gasteiger partial charge on any atom is 0.223 e. The molecule has 1 aromatic rings. The number of aromatic nitrogens is 1. The molecule has 0 fully saturated rings. The maximum absolute atomic E-state index is 11.8. The molecule has 1 aromatic heterocycles. The second kappa shape index (κ2) is 7.45. The molecule has 2 N–H and O–H groups in total. The zero-order chi connectivity index (χ0) is 15.3. The zero-order valence-corrected chi connectivity index (χ0v) is 12.9. The molecule has 0 saturated heterocycles. The van der Waals surface area contributed by atoms with Crippen LogP contribution in [0.2, 0.25) is 0 Å². The fraction of sp³-hybridized carbons (Fsp3) is 0.667. The first-order valence-corrected chi connectivity index (χ1v) is 7.27. The van der Waals surface area contributed by atoms with E-state index in [4.69, 9.17) is 0 Å². The predicted octanol–water partition coefficient (Wildman–Crippen LogP) is 1.65. The molecule has 0 aromatic carbocycles. The van der Waals surface area contributed by atoms with Gasteiger partial charge in [-0.1, -0.05) is 20.8 Å². The first-order valence-electron chi connectivity index (χ1n) is 7.27. The molecule has 1 heterocycles. The van der Waals surface area contributed by atoms with E-state index in [1.54, 1.807) is 0 Å². The fourth-order valence-corrected chi connectivity index (χ4v) is 2.51. The number of pyridine rings is 1. The highest BCUT2D eigenvalue weighted by Crippen LogP contribution is 2.23. The highest BCUT2D eigenvalue weighted by atomic mass is 16.3. The number of aliphatic hydroxyl groups is 1. The van der Waals surface area contributed by atoms with Gasteiger partial charge >= 0.3 is 0 Å². The van der Waals surface area contributed by atoms with Crippen molar-refractivity contribution in [3.05, 3.63) is 27.7 Å². The Labute approximate surface area is 120 Å². The molecule has 1 unspecified atom stereocenters. The Morgan fingerprint density at radius 2 is 1.90 bits per heavy atom. The Bertz CT molecular complexity index is 489. The summed E-state index contributed by atoms with van der Waals surface area (Å²) in [5.74, 6) is -0.200. The van der Waals surface area contributed by atoms with Gasteiger partial charge in [-0.2, -0.15) is 0 Å². The Morgan fingerprint density at radius 1 is 1.30 bits per heavy atom. The molecule has 5 heteroatoms. The Morgan fingerprint density at radius 3 is 2.35 bits per heavy atom. The van der Waals surface area contributed by atoms with Crippen LogP contribution in [0, 0.1) is 6.92 Å². The quantitative estimate of drug-likeness (QED) is 0.798. The number of nitrogens with zero attached hydrogens (tertiary/aromatic N) is 2. The largest absolute Gasteiger partial charge is 0.503 e. The second-order valence-corrected chi connectivity index (χ2v) is 5.02. The lowest BCUT2D eigenvalue weighted by Gasteiger charge is -2.27. The molecular weight excluding hydrogens is 256 g/mol. The lowest BCUT2D eigenvalue weighted by atomic mass is 10.1. The third kappa shape index (κ3) is 3.41. The van der Waals surface area contributed by atoms with Crippen LogP contribution >= 0.6 is 0 Å². The van der Waals surface area contributed by atoms with Gasteiger partial charge in [-0.05, 0) is 26.4 Å². The Kier molecular flexibility index (Phi) is 6.23. The van der Waals surface area contributed by atoms with Gasteiger partial charge in [0.15, 0.2) is 5.75 Å². The number of aliphatic hydroxyl groups excluding tert-OH is 1. The SMILES string of the molecule is CCC(CO)n1c(C)cc(=O)c(O)c1CN(CC)CC. The topological polar surface area (TPSA) is 65.7 Å². The van der Waals surface area contributed by atoms with Crippen molar-refractivity contribution in [1.29, 1.82) is 0 Å². The third-order valence-electron chi connectivity index (χ3n) is 3.83. The van der Waals surface area contributed by atoms with Crippen LogP contribution in [0.5, 0.6) is 5.75 Å². The van der Waals surface area contributed by atoms with Gasteiger partial charge in [0.05, 0.1) is 18.3 Å². The predicted molar refractivity (Wildman–Crippen MR) is 80.1 cm³/mol. The van der Waals surface area contributed by atoms with E-state index < -0.39 is 0 Å². The molecular formula is C15H26N2O3. The summed E-state index contributed by atoms with van der Waals surface area (Å²) in [7, 11) is 0. The van der Waals surface area contributed by atoms with E-state index in [-0.39, 0.29) is 23.8 Å². The van der Waals surface area contributed by atoms with Gasteiger partial charge in [0, 0.05) is 18.3 Å². The van der Waals surface area contributed by atoms with Gasteiger partial charge in [-0.3, -0.25) is 9.69 Å². The van der Waals surface area contributed by atoms with Gasteiger partial charge in [-0.25, -0.2) is 0 Å². The van der Waals surface area contributed by atoms with Crippen molar-refractivity contribution >= 4 is 0 Å². The van der Waals surface area contributed by atoms with Crippen molar-refractivity contribution < 1.29 is 10.2 Å². The lowest BCUT2D eigenvalue weighted by Crippen LogP contribution is -2.29. The average molecular weight is 282 g/mol. The summed E-state index contributed by atoms with van der Waals surface area (Å²) in [6.45, 7) is 10.1. The van der Waals surface area contributed by atoms with E-state index in [0.29, 0.717) is 12.2 Å².